The molecule has 1 aromatic carbocycles. The van der Waals surface area contributed by atoms with Gasteiger partial charge in [0.15, 0.2) is 12.0 Å². The van der Waals surface area contributed by atoms with E-state index in [2.05, 4.69) is 4.98 Å². The van der Waals surface area contributed by atoms with Gasteiger partial charge in [-0.2, -0.15) is 0 Å². The summed E-state index contributed by atoms with van der Waals surface area (Å²) >= 11 is 5.72. The van der Waals surface area contributed by atoms with Gasteiger partial charge in [0.2, 0.25) is 0 Å². The second-order valence-electron chi connectivity index (χ2n) is 2.20. The third kappa shape index (κ3) is 0.935. The number of halogens is 1. The molecule has 1 aromatic heterocycles. The zero-order valence-corrected chi connectivity index (χ0v) is 6.30. The molecule has 0 saturated heterocycles. The number of nitrogens with zero attached hydrogens (tertiary/aromatic N) is 1. The van der Waals surface area contributed by atoms with E-state index in [9.17, 15) is 0 Å². The maximum absolute atomic E-state index is 5.72. The number of anilines is 1. The predicted molar refractivity (Wildman–Crippen MR) is 43.4 cm³/mol. The van der Waals surface area contributed by atoms with Gasteiger partial charge >= 0.3 is 0 Å². The Morgan fingerprint density at radius 2 is 2.27 bits per heavy atom. The van der Waals surface area contributed by atoms with Crippen LogP contribution >= 0.6 is 11.6 Å². The van der Waals surface area contributed by atoms with Crippen molar-refractivity contribution in [2.24, 2.45) is 0 Å². The van der Waals surface area contributed by atoms with Crippen molar-refractivity contribution in [3.05, 3.63) is 23.5 Å². The van der Waals surface area contributed by atoms with Crippen LogP contribution in [0.3, 0.4) is 0 Å². The Morgan fingerprint density at radius 1 is 1.45 bits per heavy atom. The fraction of sp³-hybridized carbons (Fsp3) is 0. The summed E-state index contributed by atoms with van der Waals surface area (Å²) in [6, 6.07) is 3.34. The van der Waals surface area contributed by atoms with Crippen LogP contribution in [0.2, 0.25) is 5.02 Å². The molecule has 2 rings (SSSR count). The van der Waals surface area contributed by atoms with Crippen LogP contribution in [0.5, 0.6) is 0 Å². The van der Waals surface area contributed by atoms with Crippen LogP contribution in [0.25, 0.3) is 11.1 Å². The van der Waals surface area contributed by atoms with Crippen molar-refractivity contribution in [1.82, 2.24) is 4.98 Å². The number of fused-ring (bicyclic) bond motifs is 1. The van der Waals surface area contributed by atoms with Gasteiger partial charge in [-0.3, -0.25) is 0 Å². The van der Waals surface area contributed by atoms with E-state index < -0.39 is 0 Å². The van der Waals surface area contributed by atoms with Gasteiger partial charge in [-0.15, -0.1) is 0 Å². The quantitative estimate of drug-likeness (QED) is 0.613. The number of hydrogen-bond donors (Lipinski definition) is 1. The second kappa shape index (κ2) is 2.13. The molecule has 0 amide bonds. The predicted octanol–water partition coefficient (Wildman–Crippen LogP) is 2.06. The smallest absolute Gasteiger partial charge is 0.182 e. The van der Waals surface area contributed by atoms with Crippen LogP contribution in [0, 0.1) is 0 Å². The molecule has 3 nitrogen and oxygen atoms in total. The van der Waals surface area contributed by atoms with Gasteiger partial charge in [0.25, 0.3) is 0 Å². The van der Waals surface area contributed by atoms with E-state index in [0.717, 1.165) is 0 Å². The summed E-state index contributed by atoms with van der Waals surface area (Å²) in [6.45, 7) is 0. The molecule has 56 valence electrons. The Kier molecular flexibility index (Phi) is 1.26. The van der Waals surface area contributed by atoms with Crippen LogP contribution < -0.4 is 5.73 Å². The maximum atomic E-state index is 5.72. The summed E-state index contributed by atoms with van der Waals surface area (Å²) in [7, 11) is 0. The number of nitrogen functional groups attached to an aromatic ring is 1. The number of nitrogens with two attached hydrogens (primary N) is 1. The van der Waals surface area contributed by atoms with Gasteiger partial charge in [-0.05, 0) is 12.1 Å². The Balaban J connectivity index is 2.91. The average molecular weight is 169 g/mol. The van der Waals surface area contributed by atoms with Crippen molar-refractivity contribution < 1.29 is 4.42 Å². The molecule has 1 heterocycles. The number of benzene rings is 1. The lowest BCUT2D eigenvalue weighted by atomic mass is 10.3. The zero-order chi connectivity index (χ0) is 7.84. The molecule has 0 aliphatic carbocycles. The topological polar surface area (TPSA) is 52.0 Å². The summed E-state index contributed by atoms with van der Waals surface area (Å²) in [5.41, 5.74) is 7.38. The van der Waals surface area contributed by atoms with E-state index in [1.54, 1.807) is 12.1 Å². The molecule has 4 heteroatoms. The maximum Gasteiger partial charge on any atom is 0.182 e. The number of rotatable bonds is 0. The van der Waals surface area contributed by atoms with Gasteiger partial charge in [0, 0.05) is 5.02 Å². The van der Waals surface area contributed by atoms with Crippen LogP contribution in [-0.2, 0) is 0 Å². The first kappa shape index (κ1) is 6.49. The molecule has 0 aliphatic rings. The molecule has 2 aromatic rings. The van der Waals surface area contributed by atoms with Crippen molar-refractivity contribution in [3.63, 3.8) is 0 Å². The van der Waals surface area contributed by atoms with Gasteiger partial charge in [0.05, 0.1) is 5.69 Å². The minimum Gasteiger partial charge on any atom is -0.441 e. The molecule has 0 spiro atoms. The van der Waals surface area contributed by atoms with E-state index in [1.807, 2.05) is 0 Å². The van der Waals surface area contributed by atoms with Crippen LogP contribution in [0.4, 0.5) is 5.69 Å². The van der Waals surface area contributed by atoms with Crippen molar-refractivity contribution in [3.8, 4) is 0 Å². The summed E-state index contributed by atoms with van der Waals surface area (Å²) < 4.78 is 5.01. The largest absolute Gasteiger partial charge is 0.441 e. The SMILES string of the molecule is Nc1cc(Cl)cc2ncoc12. The highest BCUT2D eigenvalue weighted by atomic mass is 35.5. The third-order valence-electron chi connectivity index (χ3n) is 1.43. The Bertz CT molecular complexity index is 396. The molecular formula is C7H5ClN2O. The summed E-state index contributed by atoms with van der Waals surface area (Å²) in [4.78, 5) is 3.91. The Labute approximate surface area is 67.8 Å². The lowest BCUT2D eigenvalue weighted by Gasteiger charge is -1.93. The van der Waals surface area contributed by atoms with E-state index >= 15 is 0 Å². The van der Waals surface area contributed by atoms with Crippen LogP contribution in [0.1, 0.15) is 0 Å². The number of hydrogen-bond acceptors (Lipinski definition) is 3. The first-order valence-corrected chi connectivity index (χ1v) is 3.43. The monoisotopic (exact) mass is 168 g/mol. The van der Waals surface area contributed by atoms with Crippen molar-refractivity contribution in [1.29, 1.82) is 0 Å². The second-order valence-corrected chi connectivity index (χ2v) is 2.63. The van der Waals surface area contributed by atoms with Crippen molar-refractivity contribution in [2.75, 3.05) is 5.73 Å². The Hall–Kier alpha value is -1.22. The minimum absolute atomic E-state index is 0.519. The molecule has 0 unspecified atom stereocenters. The first-order chi connectivity index (χ1) is 5.27. The highest BCUT2D eigenvalue weighted by Gasteiger charge is 2.03. The molecule has 0 aliphatic heterocycles. The van der Waals surface area contributed by atoms with Crippen molar-refractivity contribution in [2.45, 2.75) is 0 Å². The molecular weight excluding hydrogens is 164 g/mol. The lowest BCUT2D eigenvalue weighted by Crippen LogP contribution is -1.84. The van der Waals surface area contributed by atoms with Gasteiger partial charge in [-0.1, -0.05) is 11.6 Å². The molecule has 11 heavy (non-hydrogen) atoms. The molecule has 0 atom stereocenters. The van der Waals surface area contributed by atoms with Gasteiger partial charge in [0.1, 0.15) is 5.52 Å². The zero-order valence-electron chi connectivity index (χ0n) is 5.54. The number of aromatic nitrogens is 1. The summed E-state index contributed by atoms with van der Waals surface area (Å²) in [5, 5.41) is 0.573. The van der Waals surface area contributed by atoms with Crippen molar-refractivity contribution >= 4 is 28.4 Å². The lowest BCUT2D eigenvalue weighted by molar-refractivity contribution is 0.603. The van der Waals surface area contributed by atoms with E-state index in [4.69, 9.17) is 21.8 Å². The third-order valence-corrected chi connectivity index (χ3v) is 1.64. The van der Waals surface area contributed by atoms with Crippen LogP contribution in [0.15, 0.2) is 22.9 Å². The highest BCUT2D eigenvalue weighted by molar-refractivity contribution is 6.31. The minimum atomic E-state index is 0.519. The standard InChI is InChI=1S/C7H5ClN2O/c8-4-1-5(9)7-6(2-4)10-3-11-7/h1-3H,9H2. The van der Waals surface area contributed by atoms with Gasteiger partial charge < -0.3 is 10.2 Å². The van der Waals surface area contributed by atoms with E-state index in [-0.39, 0.29) is 0 Å². The summed E-state index contributed by atoms with van der Waals surface area (Å²) in [6.07, 6.45) is 1.34. The fourth-order valence-electron chi connectivity index (χ4n) is 0.960. The molecule has 0 fully saturated rings. The molecule has 0 saturated carbocycles. The normalized spacial score (nSPS) is 10.6. The average Bonchev–Trinajstić information content (AvgIpc) is 2.34. The molecule has 2 N–H and O–H groups in total. The highest BCUT2D eigenvalue weighted by Crippen LogP contribution is 2.24. The van der Waals surface area contributed by atoms with Gasteiger partial charge in [-0.25, -0.2) is 4.98 Å². The van der Waals surface area contributed by atoms with E-state index in [1.165, 1.54) is 6.39 Å². The molecule has 0 radical (unpaired) electrons. The fourth-order valence-corrected chi connectivity index (χ4v) is 1.18. The Morgan fingerprint density at radius 3 is 3.09 bits per heavy atom. The van der Waals surface area contributed by atoms with Crippen LogP contribution in [-0.4, -0.2) is 4.98 Å². The first-order valence-electron chi connectivity index (χ1n) is 3.05. The summed E-state index contributed by atoms with van der Waals surface area (Å²) in [5.74, 6) is 0. The number of oxazole rings is 1. The molecule has 0 bridgehead atoms. The van der Waals surface area contributed by atoms with E-state index in [0.29, 0.717) is 21.8 Å².